The number of ether oxygens (including phenoxy) is 3. The molecule has 1 unspecified atom stereocenters. The van der Waals surface area contributed by atoms with Crippen LogP contribution in [0.25, 0.3) is 0 Å². The van der Waals surface area contributed by atoms with Crippen LogP contribution in [0.15, 0.2) is 47.6 Å². The normalized spacial score (nSPS) is 15.8. The van der Waals surface area contributed by atoms with Crippen molar-refractivity contribution >= 4 is 17.3 Å². The molecule has 1 N–H and O–H groups in total. The third-order valence-corrected chi connectivity index (χ3v) is 3.93. The van der Waals surface area contributed by atoms with Gasteiger partial charge in [0, 0.05) is 11.6 Å². The van der Waals surface area contributed by atoms with Crippen LogP contribution in [0.4, 0.5) is 5.69 Å². The monoisotopic (exact) mass is 371 g/mol. The van der Waals surface area contributed by atoms with E-state index in [-0.39, 0.29) is 18.0 Å². The van der Waals surface area contributed by atoms with Gasteiger partial charge in [0.15, 0.2) is 17.2 Å². The zero-order valence-electron chi connectivity index (χ0n) is 14.7. The van der Waals surface area contributed by atoms with Crippen LogP contribution in [0, 0.1) is 10.1 Å². The van der Waals surface area contributed by atoms with Crippen LogP contribution >= 0.6 is 0 Å². The predicted octanol–water partition coefficient (Wildman–Crippen LogP) is 2.28. The van der Waals surface area contributed by atoms with E-state index in [0.29, 0.717) is 22.8 Å². The third-order valence-electron chi connectivity index (χ3n) is 3.93. The summed E-state index contributed by atoms with van der Waals surface area (Å²) in [4.78, 5) is 22.8. The Labute approximate surface area is 154 Å². The van der Waals surface area contributed by atoms with Crippen LogP contribution in [0.3, 0.4) is 0 Å². The Morgan fingerprint density at radius 3 is 2.74 bits per heavy atom. The fourth-order valence-corrected chi connectivity index (χ4v) is 2.48. The number of nitro benzene ring substituents is 1. The van der Waals surface area contributed by atoms with Gasteiger partial charge in [-0.2, -0.15) is 5.10 Å². The van der Waals surface area contributed by atoms with E-state index in [4.69, 9.17) is 14.2 Å². The molecule has 9 heteroatoms. The number of amides is 1. The average Bonchev–Trinajstić information content (AvgIpc) is 2.70. The van der Waals surface area contributed by atoms with Gasteiger partial charge in [0.05, 0.1) is 17.7 Å². The molecule has 0 saturated carbocycles. The molecule has 1 heterocycles. The minimum absolute atomic E-state index is 0.0609. The number of fused-ring (bicyclic) bond motifs is 1. The van der Waals surface area contributed by atoms with E-state index in [1.54, 1.807) is 31.2 Å². The van der Waals surface area contributed by atoms with E-state index >= 15 is 0 Å². The van der Waals surface area contributed by atoms with E-state index in [1.165, 1.54) is 19.2 Å². The minimum atomic E-state index is -0.846. The van der Waals surface area contributed by atoms with Gasteiger partial charge in [0.2, 0.25) is 6.10 Å². The number of carbonyl (C=O) groups excluding carboxylic acids is 1. The van der Waals surface area contributed by atoms with Gasteiger partial charge < -0.3 is 14.2 Å². The molecule has 0 bridgehead atoms. The molecule has 1 atom stereocenters. The van der Waals surface area contributed by atoms with Gasteiger partial charge in [-0.15, -0.1) is 0 Å². The average molecular weight is 371 g/mol. The van der Waals surface area contributed by atoms with Gasteiger partial charge in [0.1, 0.15) is 6.61 Å². The standard InChI is InChI=1S/C18H17N3O6/c1-11(12-7-8-14(25-2)13(9-12)21(23)24)19-20-18(22)17-10-26-15-5-3-4-6-16(15)27-17/h3-9,17H,10H2,1-2H3,(H,20,22). The molecule has 0 saturated heterocycles. The molecule has 140 valence electrons. The molecule has 1 amide bonds. The van der Waals surface area contributed by atoms with Crippen molar-refractivity contribution in [2.75, 3.05) is 13.7 Å². The lowest BCUT2D eigenvalue weighted by Crippen LogP contribution is -2.42. The first-order valence-corrected chi connectivity index (χ1v) is 8.05. The van der Waals surface area contributed by atoms with Gasteiger partial charge in [-0.05, 0) is 31.2 Å². The summed E-state index contributed by atoms with van der Waals surface area (Å²) in [5, 5.41) is 15.1. The van der Waals surface area contributed by atoms with E-state index in [9.17, 15) is 14.9 Å². The summed E-state index contributed by atoms with van der Waals surface area (Å²) >= 11 is 0. The molecule has 9 nitrogen and oxygen atoms in total. The lowest BCUT2D eigenvalue weighted by molar-refractivity contribution is -0.385. The number of para-hydroxylation sites is 2. The Hall–Kier alpha value is -3.62. The zero-order chi connectivity index (χ0) is 19.4. The minimum Gasteiger partial charge on any atom is -0.490 e. The van der Waals surface area contributed by atoms with Gasteiger partial charge in [-0.25, -0.2) is 5.43 Å². The molecule has 0 aliphatic carbocycles. The number of benzene rings is 2. The number of nitrogens with zero attached hydrogens (tertiary/aromatic N) is 2. The number of hydrazone groups is 1. The SMILES string of the molecule is COc1ccc(C(C)=NNC(=O)C2COc3ccccc3O2)cc1[N+](=O)[O-]. The molecule has 1 aliphatic rings. The first kappa shape index (κ1) is 18.2. The quantitative estimate of drug-likeness (QED) is 0.490. The van der Waals surface area contributed by atoms with Crippen LogP contribution < -0.4 is 19.6 Å². The summed E-state index contributed by atoms with van der Waals surface area (Å²) in [6, 6.07) is 11.5. The van der Waals surface area contributed by atoms with Crippen LogP contribution in [-0.4, -0.2) is 36.4 Å². The number of rotatable bonds is 5. The van der Waals surface area contributed by atoms with E-state index < -0.39 is 16.9 Å². The molecule has 0 aromatic heterocycles. The molecule has 3 rings (SSSR count). The van der Waals surface area contributed by atoms with Crippen molar-refractivity contribution in [2.24, 2.45) is 5.10 Å². The highest BCUT2D eigenvalue weighted by atomic mass is 16.6. The number of methoxy groups -OCH3 is 1. The summed E-state index contributed by atoms with van der Waals surface area (Å²) < 4.78 is 16.1. The smallest absolute Gasteiger partial charge is 0.311 e. The molecule has 0 spiro atoms. The number of nitro groups is 1. The fourth-order valence-electron chi connectivity index (χ4n) is 2.48. The van der Waals surface area contributed by atoms with Crippen LogP contribution in [-0.2, 0) is 4.79 Å². The maximum Gasteiger partial charge on any atom is 0.311 e. The summed E-state index contributed by atoms with van der Waals surface area (Å²) in [5.74, 6) is 0.723. The molecular weight excluding hydrogens is 354 g/mol. The topological polar surface area (TPSA) is 112 Å². The Bertz CT molecular complexity index is 912. The highest BCUT2D eigenvalue weighted by Gasteiger charge is 2.27. The van der Waals surface area contributed by atoms with Gasteiger partial charge in [-0.3, -0.25) is 14.9 Å². The number of nitrogens with one attached hydrogen (secondary N) is 1. The molecule has 1 aliphatic heterocycles. The highest BCUT2D eigenvalue weighted by Crippen LogP contribution is 2.31. The largest absolute Gasteiger partial charge is 0.490 e. The molecule has 0 fully saturated rings. The van der Waals surface area contributed by atoms with Crippen molar-refractivity contribution in [3.05, 3.63) is 58.1 Å². The molecule has 2 aromatic carbocycles. The van der Waals surface area contributed by atoms with Crippen molar-refractivity contribution in [1.82, 2.24) is 5.43 Å². The number of hydrogen-bond donors (Lipinski definition) is 1. The lowest BCUT2D eigenvalue weighted by Gasteiger charge is -2.24. The third kappa shape index (κ3) is 3.97. The van der Waals surface area contributed by atoms with Crippen molar-refractivity contribution in [1.29, 1.82) is 0 Å². The van der Waals surface area contributed by atoms with Crippen LogP contribution in [0.5, 0.6) is 17.2 Å². The number of hydrogen-bond acceptors (Lipinski definition) is 7. The molecular formula is C18H17N3O6. The van der Waals surface area contributed by atoms with E-state index in [2.05, 4.69) is 10.5 Å². The fraction of sp³-hybridized carbons (Fsp3) is 0.222. The molecule has 2 aromatic rings. The lowest BCUT2D eigenvalue weighted by atomic mass is 10.1. The summed E-state index contributed by atoms with van der Waals surface area (Å²) in [6.45, 7) is 1.69. The van der Waals surface area contributed by atoms with Gasteiger partial charge >= 0.3 is 5.69 Å². The first-order chi connectivity index (χ1) is 13.0. The van der Waals surface area contributed by atoms with E-state index in [0.717, 1.165) is 0 Å². The summed E-state index contributed by atoms with van der Waals surface area (Å²) in [7, 11) is 1.35. The Kier molecular flexibility index (Phi) is 5.20. The van der Waals surface area contributed by atoms with Crippen LogP contribution in [0.1, 0.15) is 12.5 Å². The summed E-state index contributed by atoms with van der Waals surface area (Å²) in [5.41, 5.74) is 3.09. The van der Waals surface area contributed by atoms with Gasteiger partial charge in [-0.1, -0.05) is 12.1 Å². The van der Waals surface area contributed by atoms with Crippen molar-refractivity contribution in [3.63, 3.8) is 0 Å². The number of carbonyl (C=O) groups is 1. The molecule has 0 radical (unpaired) electrons. The Balaban J connectivity index is 1.70. The van der Waals surface area contributed by atoms with Gasteiger partial charge in [0.25, 0.3) is 5.91 Å². The maximum absolute atomic E-state index is 12.3. The second-order valence-electron chi connectivity index (χ2n) is 5.68. The predicted molar refractivity (Wildman–Crippen MR) is 96.4 cm³/mol. The second kappa shape index (κ2) is 7.73. The van der Waals surface area contributed by atoms with Crippen molar-refractivity contribution in [3.8, 4) is 17.2 Å². The van der Waals surface area contributed by atoms with Crippen LogP contribution in [0.2, 0.25) is 0 Å². The first-order valence-electron chi connectivity index (χ1n) is 8.05. The van der Waals surface area contributed by atoms with Crippen molar-refractivity contribution < 1.29 is 23.9 Å². The zero-order valence-corrected chi connectivity index (χ0v) is 14.7. The Morgan fingerprint density at radius 2 is 2.04 bits per heavy atom. The summed E-state index contributed by atoms with van der Waals surface area (Å²) in [6.07, 6.45) is -0.846. The molecule has 27 heavy (non-hydrogen) atoms. The van der Waals surface area contributed by atoms with Crippen molar-refractivity contribution in [2.45, 2.75) is 13.0 Å². The highest BCUT2D eigenvalue weighted by molar-refractivity contribution is 6.00. The maximum atomic E-state index is 12.3. The van der Waals surface area contributed by atoms with E-state index in [1.807, 2.05) is 6.07 Å². The second-order valence-corrected chi connectivity index (χ2v) is 5.68. The Morgan fingerprint density at radius 1 is 1.30 bits per heavy atom.